The van der Waals surface area contributed by atoms with Gasteiger partial charge in [-0.05, 0) is 19.3 Å². The Balaban J connectivity index is -0.000000640. The number of hydrogen-bond donors (Lipinski definition) is 11. The second kappa shape index (κ2) is 19.8. The molecule has 0 aliphatic heterocycles. The second-order valence-electron chi connectivity index (χ2n) is 6.54. The van der Waals surface area contributed by atoms with Gasteiger partial charge in [-0.2, -0.15) is 0 Å². The number of nitrogens with one attached hydrogen (secondary N) is 2. The van der Waals surface area contributed by atoms with Crippen molar-refractivity contribution in [1.82, 2.24) is 10.6 Å². The van der Waals surface area contributed by atoms with Gasteiger partial charge >= 0.3 is 47.9 Å². The minimum atomic E-state index is -1.51. The Hall–Kier alpha value is -4.68. The number of urea groups is 2. The van der Waals surface area contributed by atoms with Crippen LogP contribution in [-0.2, 0) is 28.8 Å². The minimum Gasteiger partial charge on any atom is -0.481 e. The molecule has 36 heavy (non-hydrogen) atoms. The van der Waals surface area contributed by atoms with Crippen molar-refractivity contribution in [2.24, 2.45) is 17.2 Å². The van der Waals surface area contributed by atoms with Crippen molar-refractivity contribution in [3.8, 4) is 0 Å². The van der Waals surface area contributed by atoms with Crippen LogP contribution in [0.25, 0.3) is 0 Å². The van der Waals surface area contributed by atoms with E-state index in [4.69, 9.17) is 41.2 Å². The molecule has 0 heterocycles. The van der Waals surface area contributed by atoms with Crippen LogP contribution >= 0.6 is 0 Å². The lowest BCUT2D eigenvalue weighted by molar-refractivity contribution is -0.142. The SMILES string of the molecule is NC(CCC(=O)O)C(=O)O.NC(N)=O.O=C(O)CCC(NC(=O)NC(CCC(=O)O)C(=O)O)C(=O)O. The van der Waals surface area contributed by atoms with Gasteiger partial charge in [0.25, 0.3) is 0 Å². The minimum absolute atomic E-state index is 0.0231. The number of primary amides is 2. The van der Waals surface area contributed by atoms with Gasteiger partial charge in [-0.3, -0.25) is 19.2 Å². The summed E-state index contributed by atoms with van der Waals surface area (Å²) in [4.78, 5) is 82.8. The molecule has 0 aliphatic rings. The quantitative estimate of drug-likeness (QED) is 0.109. The van der Waals surface area contributed by atoms with Crippen molar-refractivity contribution in [1.29, 1.82) is 0 Å². The summed E-state index contributed by atoms with van der Waals surface area (Å²) < 4.78 is 0. The second-order valence-corrected chi connectivity index (χ2v) is 6.54. The molecule has 0 radical (unpaired) electrons. The zero-order valence-corrected chi connectivity index (χ0v) is 18.7. The number of hydrogen-bond acceptors (Lipinski definition) is 9. The zero-order chi connectivity index (χ0) is 29.0. The van der Waals surface area contributed by atoms with Crippen LogP contribution in [0.5, 0.6) is 0 Å². The van der Waals surface area contributed by atoms with Crippen LogP contribution in [0.3, 0.4) is 0 Å². The molecule has 0 aromatic rings. The van der Waals surface area contributed by atoms with E-state index in [1.54, 1.807) is 0 Å². The molecule has 3 unspecified atom stereocenters. The molecule has 0 aromatic heterocycles. The molecular formula is C17H29N5O14. The standard InChI is InChI=1S/C11H16N2O9.C5H9NO4.CH4N2O/c14-7(15)3-1-5(9(18)19)12-11(22)13-6(10(20)21)2-4-8(16)17;6-3(5(9)10)1-2-4(7)8;2-1(3)4/h5-6H,1-4H2,(H,14,15)(H,16,17)(H,18,19)(H,20,21)(H2,12,13,22);3H,1-2,6H2,(H,7,8)(H,9,10);(H4,2,3,4). The molecule has 3 atom stereocenters. The van der Waals surface area contributed by atoms with E-state index in [9.17, 15) is 33.6 Å². The summed E-state index contributed by atoms with van der Waals surface area (Å²) in [5.74, 6) is -7.66. The van der Waals surface area contributed by atoms with Crippen LogP contribution in [-0.4, -0.2) is 96.6 Å². The van der Waals surface area contributed by atoms with E-state index in [1.165, 1.54) is 0 Å². The predicted octanol–water partition coefficient (Wildman–Crippen LogP) is -2.79. The van der Waals surface area contributed by atoms with Gasteiger partial charge in [0.2, 0.25) is 0 Å². The molecule has 0 aliphatic carbocycles. The highest BCUT2D eigenvalue weighted by Crippen LogP contribution is 2.01. The molecule has 0 saturated heterocycles. The van der Waals surface area contributed by atoms with Crippen LogP contribution in [0, 0.1) is 0 Å². The summed E-state index contributed by atoms with van der Waals surface area (Å²) in [7, 11) is 0. The number of carboxylic acid groups (broad SMARTS) is 6. The van der Waals surface area contributed by atoms with Gasteiger partial charge in [0, 0.05) is 19.3 Å². The van der Waals surface area contributed by atoms with E-state index >= 15 is 0 Å². The van der Waals surface area contributed by atoms with E-state index in [0.29, 0.717) is 0 Å². The monoisotopic (exact) mass is 527 g/mol. The summed E-state index contributed by atoms with van der Waals surface area (Å²) in [6.07, 6.45) is -1.99. The highest BCUT2D eigenvalue weighted by Gasteiger charge is 2.25. The van der Waals surface area contributed by atoms with Crippen molar-refractivity contribution in [2.75, 3.05) is 0 Å². The first-order valence-corrected chi connectivity index (χ1v) is 9.61. The predicted molar refractivity (Wildman–Crippen MR) is 115 cm³/mol. The Morgan fingerprint density at radius 1 is 0.556 bits per heavy atom. The third kappa shape index (κ3) is 25.6. The summed E-state index contributed by atoms with van der Waals surface area (Å²) in [5.41, 5.74) is 13.5. The van der Waals surface area contributed by atoms with Crippen molar-refractivity contribution in [2.45, 2.75) is 56.7 Å². The summed E-state index contributed by atoms with van der Waals surface area (Å²) in [6.45, 7) is 0. The largest absolute Gasteiger partial charge is 0.481 e. The van der Waals surface area contributed by atoms with E-state index in [2.05, 4.69) is 11.5 Å². The number of carboxylic acids is 6. The van der Waals surface area contributed by atoms with E-state index in [1.807, 2.05) is 10.6 Å². The van der Waals surface area contributed by atoms with Gasteiger partial charge in [-0.25, -0.2) is 19.2 Å². The third-order valence-electron chi connectivity index (χ3n) is 3.49. The fourth-order valence-corrected chi connectivity index (χ4v) is 1.81. The first kappa shape index (κ1) is 35.9. The molecular weight excluding hydrogens is 498 g/mol. The van der Waals surface area contributed by atoms with Crippen LogP contribution in [0.1, 0.15) is 38.5 Å². The molecule has 206 valence electrons. The summed E-state index contributed by atoms with van der Waals surface area (Å²) in [5, 5.41) is 54.7. The Morgan fingerprint density at radius 2 is 0.833 bits per heavy atom. The highest BCUT2D eigenvalue weighted by atomic mass is 16.4. The summed E-state index contributed by atoms with van der Waals surface area (Å²) >= 11 is 0. The highest BCUT2D eigenvalue weighted by molar-refractivity contribution is 5.86. The smallest absolute Gasteiger partial charge is 0.326 e. The molecule has 0 saturated carbocycles. The number of rotatable bonds is 14. The lowest BCUT2D eigenvalue weighted by Crippen LogP contribution is -2.51. The van der Waals surface area contributed by atoms with Crippen LogP contribution in [0.2, 0.25) is 0 Å². The maximum absolute atomic E-state index is 11.5. The van der Waals surface area contributed by atoms with Crippen molar-refractivity contribution in [3.63, 3.8) is 0 Å². The molecule has 19 nitrogen and oxygen atoms in total. The maximum Gasteiger partial charge on any atom is 0.326 e. The first-order chi connectivity index (χ1) is 16.4. The average Bonchev–Trinajstić information content (AvgIpc) is 2.71. The normalized spacial score (nSPS) is 11.9. The zero-order valence-electron chi connectivity index (χ0n) is 18.7. The van der Waals surface area contributed by atoms with Gasteiger partial charge in [-0.1, -0.05) is 0 Å². The molecule has 0 bridgehead atoms. The number of carbonyl (C=O) groups is 8. The number of carbonyl (C=O) groups excluding carboxylic acids is 2. The maximum atomic E-state index is 11.5. The summed E-state index contributed by atoms with van der Waals surface area (Å²) in [6, 6.07) is -6.05. The molecule has 0 spiro atoms. The van der Waals surface area contributed by atoms with Gasteiger partial charge in [0.05, 0.1) is 0 Å². The fraction of sp³-hybridized carbons (Fsp3) is 0.529. The molecule has 4 amide bonds. The molecule has 0 fully saturated rings. The van der Waals surface area contributed by atoms with Crippen LogP contribution in [0.4, 0.5) is 9.59 Å². The number of amides is 4. The van der Waals surface area contributed by atoms with Gasteiger partial charge in [0.1, 0.15) is 18.1 Å². The number of aliphatic carboxylic acids is 6. The van der Waals surface area contributed by atoms with E-state index in [0.717, 1.165) is 0 Å². The van der Waals surface area contributed by atoms with Crippen molar-refractivity contribution < 1.29 is 69.0 Å². The number of nitrogens with two attached hydrogens (primary N) is 3. The lowest BCUT2D eigenvalue weighted by atomic mass is 10.1. The topological polar surface area (TPSA) is 360 Å². The Kier molecular flexibility index (Phi) is 19.7. The Morgan fingerprint density at radius 3 is 1.06 bits per heavy atom. The van der Waals surface area contributed by atoms with Gasteiger partial charge in [0.15, 0.2) is 0 Å². The van der Waals surface area contributed by atoms with E-state index < -0.39 is 78.8 Å². The van der Waals surface area contributed by atoms with Gasteiger partial charge < -0.3 is 58.5 Å². The molecule has 0 aromatic carbocycles. The average molecular weight is 527 g/mol. The fourth-order valence-electron chi connectivity index (χ4n) is 1.81. The van der Waals surface area contributed by atoms with Crippen molar-refractivity contribution in [3.05, 3.63) is 0 Å². The van der Waals surface area contributed by atoms with E-state index in [-0.39, 0.29) is 25.7 Å². The molecule has 14 N–H and O–H groups in total. The first-order valence-electron chi connectivity index (χ1n) is 9.61. The van der Waals surface area contributed by atoms with Crippen LogP contribution in [0.15, 0.2) is 0 Å². The Labute approximate surface area is 202 Å². The van der Waals surface area contributed by atoms with Gasteiger partial charge in [-0.15, -0.1) is 0 Å². The molecule has 19 heteroatoms. The lowest BCUT2D eigenvalue weighted by Gasteiger charge is -2.17. The Bertz CT molecular complexity index is 759. The van der Waals surface area contributed by atoms with Crippen LogP contribution < -0.4 is 27.8 Å². The van der Waals surface area contributed by atoms with Crippen molar-refractivity contribution >= 4 is 47.9 Å². The molecule has 0 rings (SSSR count). The third-order valence-corrected chi connectivity index (χ3v) is 3.49.